The van der Waals surface area contributed by atoms with Gasteiger partial charge in [0.05, 0.1) is 0 Å². The van der Waals surface area contributed by atoms with Crippen molar-refractivity contribution in [2.24, 2.45) is 0 Å². The first-order valence-electron chi connectivity index (χ1n) is 8.83. The highest BCUT2D eigenvalue weighted by molar-refractivity contribution is 5.43. The van der Waals surface area contributed by atoms with Gasteiger partial charge in [-0.25, -0.2) is 13.8 Å². The molecule has 0 radical (unpaired) electrons. The minimum Gasteiger partial charge on any atom is -0.356 e. The number of hydrogen-bond acceptors (Lipinski definition) is 5. The van der Waals surface area contributed by atoms with E-state index in [2.05, 4.69) is 26.8 Å². The first-order chi connectivity index (χ1) is 12.4. The van der Waals surface area contributed by atoms with Crippen LogP contribution in [0.1, 0.15) is 18.4 Å². The van der Waals surface area contributed by atoms with Crippen LogP contribution in [0.2, 0.25) is 0 Å². The van der Waals surface area contributed by atoms with E-state index in [4.69, 9.17) is 0 Å². The summed E-state index contributed by atoms with van der Waals surface area (Å²) in [6, 6.07) is 6.47. The summed E-state index contributed by atoms with van der Waals surface area (Å²) in [5.41, 5.74) is 0.808. The van der Waals surface area contributed by atoms with Gasteiger partial charge in [-0.05, 0) is 36.6 Å². The molecule has 1 aromatic heterocycles. The van der Waals surface area contributed by atoms with E-state index in [0.29, 0.717) is 18.5 Å². The summed E-state index contributed by atoms with van der Waals surface area (Å²) in [4.78, 5) is 15.2. The molecule has 0 amide bonds. The molecule has 2 heterocycles. The smallest absolute Gasteiger partial charge is 0.226 e. The molecule has 7 heteroatoms. The highest BCUT2D eigenvalue weighted by Gasteiger charge is 2.24. The van der Waals surface area contributed by atoms with Crippen LogP contribution in [0.3, 0.4) is 0 Å². The molecule has 140 valence electrons. The Morgan fingerprint density at radius 2 is 1.81 bits per heavy atom. The predicted molar refractivity (Wildman–Crippen MR) is 99.4 cm³/mol. The lowest BCUT2D eigenvalue weighted by Crippen LogP contribution is -2.43. The average Bonchev–Trinajstić information content (AvgIpc) is 2.65. The van der Waals surface area contributed by atoms with Gasteiger partial charge in [0, 0.05) is 53.0 Å². The van der Waals surface area contributed by atoms with Crippen LogP contribution in [0, 0.1) is 11.6 Å². The minimum atomic E-state index is -0.795. The Bertz CT molecular complexity index is 744. The van der Waals surface area contributed by atoms with Crippen molar-refractivity contribution in [1.82, 2.24) is 14.9 Å². The molecule has 1 aromatic carbocycles. The van der Waals surface area contributed by atoms with Gasteiger partial charge < -0.3 is 9.80 Å². The van der Waals surface area contributed by atoms with Gasteiger partial charge in [-0.1, -0.05) is 6.07 Å². The molecule has 2 aromatic rings. The summed E-state index contributed by atoms with van der Waals surface area (Å²) in [5, 5.41) is 0. The van der Waals surface area contributed by atoms with Crippen LogP contribution in [-0.2, 0) is 6.54 Å². The molecule has 0 atom stereocenters. The molecular formula is C19H25F2N5. The van der Waals surface area contributed by atoms with E-state index < -0.39 is 11.6 Å². The second-order valence-corrected chi connectivity index (χ2v) is 6.98. The van der Waals surface area contributed by atoms with E-state index in [1.165, 1.54) is 12.1 Å². The first-order valence-corrected chi connectivity index (χ1v) is 8.83. The molecule has 0 bridgehead atoms. The van der Waals surface area contributed by atoms with Gasteiger partial charge in [-0.2, -0.15) is 4.98 Å². The van der Waals surface area contributed by atoms with Crippen molar-refractivity contribution in [1.29, 1.82) is 0 Å². The zero-order valence-corrected chi connectivity index (χ0v) is 15.5. The summed E-state index contributed by atoms with van der Waals surface area (Å²) in [7, 11) is 5.92. The van der Waals surface area contributed by atoms with E-state index in [1.807, 2.05) is 25.1 Å². The fourth-order valence-corrected chi connectivity index (χ4v) is 3.30. The van der Waals surface area contributed by atoms with Gasteiger partial charge in [0.2, 0.25) is 5.95 Å². The molecule has 0 unspecified atom stereocenters. The van der Waals surface area contributed by atoms with Gasteiger partial charge in [0.25, 0.3) is 0 Å². The number of hydrogen-bond donors (Lipinski definition) is 0. The van der Waals surface area contributed by atoms with E-state index in [0.717, 1.165) is 37.3 Å². The third-order valence-electron chi connectivity index (χ3n) is 4.88. The second kappa shape index (κ2) is 7.95. The van der Waals surface area contributed by atoms with Gasteiger partial charge in [-0.15, -0.1) is 0 Å². The monoisotopic (exact) mass is 361 g/mol. The van der Waals surface area contributed by atoms with Gasteiger partial charge in [0.1, 0.15) is 5.82 Å². The zero-order valence-electron chi connectivity index (χ0n) is 15.5. The number of likely N-dealkylation sites (tertiary alicyclic amines) is 1. The number of piperidine rings is 1. The molecule has 5 nitrogen and oxygen atoms in total. The Balaban J connectivity index is 1.57. The molecule has 1 aliphatic heterocycles. The number of benzene rings is 1. The van der Waals surface area contributed by atoms with Gasteiger partial charge in [0.15, 0.2) is 11.6 Å². The Morgan fingerprint density at radius 1 is 1.08 bits per heavy atom. The Morgan fingerprint density at radius 3 is 2.46 bits per heavy atom. The van der Waals surface area contributed by atoms with Gasteiger partial charge >= 0.3 is 0 Å². The number of anilines is 2. The largest absolute Gasteiger partial charge is 0.356 e. The maximum absolute atomic E-state index is 13.4. The van der Waals surface area contributed by atoms with Crippen molar-refractivity contribution in [2.45, 2.75) is 25.4 Å². The lowest BCUT2D eigenvalue weighted by Gasteiger charge is -2.37. The zero-order chi connectivity index (χ0) is 18.7. The van der Waals surface area contributed by atoms with E-state index in [9.17, 15) is 8.78 Å². The molecule has 1 saturated heterocycles. The molecule has 1 aliphatic rings. The van der Waals surface area contributed by atoms with Crippen LogP contribution in [0.25, 0.3) is 0 Å². The van der Waals surface area contributed by atoms with Crippen molar-refractivity contribution in [3.05, 3.63) is 47.7 Å². The van der Waals surface area contributed by atoms with Crippen LogP contribution in [-0.4, -0.2) is 55.1 Å². The first kappa shape index (κ1) is 18.5. The third kappa shape index (κ3) is 4.27. The molecule has 26 heavy (non-hydrogen) atoms. The lowest BCUT2D eigenvalue weighted by atomic mass is 10.0. The molecule has 1 fully saturated rings. The average molecular weight is 361 g/mol. The fourth-order valence-electron chi connectivity index (χ4n) is 3.30. The predicted octanol–water partition coefficient (Wildman–Crippen LogP) is 2.92. The normalized spacial score (nSPS) is 15.9. The van der Waals surface area contributed by atoms with E-state index in [-0.39, 0.29) is 0 Å². The van der Waals surface area contributed by atoms with Crippen molar-refractivity contribution in [3.63, 3.8) is 0 Å². The molecule has 0 aliphatic carbocycles. The summed E-state index contributed by atoms with van der Waals surface area (Å²) >= 11 is 0. The summed E-state index contributed by atoms with van der Waals surface area (Å²) in [5.74, 6) is 0.0430. The topological polar surface area (TPSA) is 35.5 Å². The second-order valence-electron chi connectivity index (χ2n) is 6.98. The van der Waals surface area contributed by atoms with Crippen molar-refractivity contribution in [2.75, 3.05) is 44.0 Å². The standard InChI is InChI=1S/C19H25F2N5/c1-24(2)19-22-9-6-18(23-19)25(3)15-7-10-26(11-8-15)13-14-4-5-16(20)17(21)12-14/h4-6,9,12,15H,7-8,10-11,13H2,1-3H3. The lowest BCUT2D eigenvalue weighted by molar-refractivity contribution is 0.203. The van der Waals surface area contributed by atoms with Crippen molar-refractivity contribution < 1.29 is 8.78 Å². The van der Waals surface area contributed by atoms with Crippen LogP contribution in [0.4, 0.5) is 20.5 Å². The van der Waals surface area contributed by atoms with Crippen molar-refractivity contribution >= 4 is 11.8 Å². The number of rotatable bonds is 5. The van der Waals surface area contributed by atoms with Gasteiger partial charge in [-0.3, -0.25) is 4.90 Å². The number of aromatic nitrogens is 2. The minimum absolute atomic E-state index is 0.404. The summed E-state index contributed by atoms with van der Waals surface area (Å²) in [6.07, 6.45) is 3.79. The van der Waals surface area contributed by atoms with Crippen LogP contribution in [0.15, 0.2) is 30.5 Å². The Kier molecular flexibility index (Phi) is 5.66. The van der Waals surface area contributed by atoms with Crippen LogP contribution in [0.5, 0.6) is 0 Å². The highest BCUT2D eigenvalue weighted by atomic mass is 19.2. The van der Waals surface area contributed by atoms with Crippen LogP contribution >= 0.6 is 0 Å². The third-order valence-corrected chi connectivity index (χ3v) is 4.88. The highest BCUT2D eigenvalue weighted by Crippen LogP contribution is 2.22. The SMILES string of the molecule is CN(C)c1nccc(N(C)C2CCN(Cc3ccc(F)c(F)c3)CC2)n1. The maximum atomic E-state index is 13.4. The number of nitrogens with zero attached hydrogens (tertiary/aromatic N) is 5. The quantitative estimate of drug-likeness (QED) is 0.818. The molecule has 0 saturated carbocycles. The molecule has 0 N–H and O–H groups in total. The molecule has 3 rings (SSSR count). The number of halogens is 2. The Labute approximate surface area is 153 Å². The van der Waals surface area contributed by atoms with E-state index >= 15 is 0 Å². The maximum Gasteiger partial charge on any atom is 0.226 e. The van der Waals surface area contributed by atoms with E-state index in [1.54, 1.807) is 12.3 Å². The molecular weight excluding hydrogens is 336 g/mol. The summed E-state index contributed by atoms with van der Waals surface area (Å²) in [6.45, 7) is 2.48. The Hall–Kier alpha value is -2.28. The molecule has 0 spiro atoms. The van der Waals surface area contributed by atoms with Crippen molar-refractivity contribution in [3.8, 4) is 0 Å². The summed E-state index contributed by atoms with van der Waals surface area (Å²) < 4.78 is 26.4. The van der Waals surface area contributed by atoms with Crippen LogP contribution < -0.4 is 9.80 Å². The fraction of sp³-hybridized carbons (Fsp3) is 0.474.